The molecule has 1 saturated carbocycles. The van der Waals surface area contributed by atoms with Gasteiger partial charge in [-0.2, -0.15) is 0 Å². The number of hydrogen-bond acceptors (Lipinski definition) is 1. The van der Waals surface area contributed by atoms with Crippen LogP contribution in [0.15, 0.2) is 23.4 Å². The molecule has 2 N–H and O–H groups in total. The molecule has 0 bridgehead atoms. The van der Waals surface area contributed by atoms with Crippen LogP contribution in [0.1, 0.15) is 33.1 Å². The lowest BCUT2D eigenvalue weighted by atomic mass is 10.0. The van der Waals surface area contributed by atoms with E-state index in [-0.39, 0.29) is 0 Å². The van der Waals surface area contributed by atoms with Gasteiger partial charge in [0.05, 0.1) is 0 Å². The molecule has 0 aromatic heterocycles. The maximum Gasteiger partial charge on any atom is 0.0141 e. The fourth-order valence-electron chi connectivity index (χ4n) is 1.50. The minimum absolute atomic E-state index is 0.472. The minimum Gasteiger partial charge on any atom is -0.402 e. The summed E-state index contributed by atoms with van der Waals surface area (Å²) in [6, 6.07) is 0. The van der Waals surface area contributed by atoms with E-state index in [4.69, 9.17) is 5.73 Å². The third-order valence-electron chi connectivity index (χ3n) is 2.30. The van der Waals surface area contributed by atoms with Gasteiger partial charge >= 0.3 is 0 Å². The van der Waals surface area contributed by atoms with E-state index in [1.807, 2.05) is 0 Å². The van der Waals surface area contributed by atoms with E-state index in [9.17, 15) is 0 Å². The Labute approximate surface area is 69.0 Å². The first-order valence-corrected chi connectivity index (χ1v) is 4.29. The lowest BCUT2D eigenvalue weighted by Crippen LogP contribution is -2.08. The molecule has 0 atom stereocenters. The van der Waals surface area contributed by atoms with Crippen LogP contribution in [0.4, 0.5) is 0 Å². The summed E-state index contributed by atoms with van der Waals surface area (Å²) >= 11 is 0. The predicted octanol–water partition coefficient (Wildman–Crippen LogP) is 2.60. The van der Waals surface area contributed by atoms with Gasteiger partial charge in [-0.1, -0.05) is 26.0 Å². The van der Waals surface area contributed by atoms with E-state index in [1.54, 1.807) is 0 Å². The summed E-state index contributed by atoms with van der Waals surface area (Å²) in [5.41, 5.74) is 9.57. The van der Waals surface area contributed by atoms with Crippen molar-refractivity contribution < 1.29 is 0 Å². The molecule has 1 aliphatic rings. The van der Waals surface area contributed by atoms with Crippen molar-refractivity contribution in [3.05, 3.63) is 23.4 Å². The molecule has 1 heteroatoms. The fourth-order valence-corrected chi connectivity index (χ4v) is 1.50. The zero-order valence-corrected chi connectivity index (χ0v) is 7.48. The number of allylic oxidation sites excluding steroid dienone is 3. The van der Waals surface area contributed by atoms with Crippen LogP contribution >= 0.6 is 0 Å². The summed E-state index contributed by atoms with van der Waals surface area (Å²) in [6.07, 6.45) is 3.52. The highest BCUT2D eigenvalue weighted by Gasteiger charge is 2.15. The zero-order valence-electron chi connectivity index (χ0n) is 7.48. The maximum atomic E-state index is 5.93. The van der Waals surface area contributed by atoms with Gasteiger partial charge < -0.3 is 5.73 Å². The third-order valence-corrected chi connectivity index (χ3v) is 2.30. The van der Waals surface area contributed by atoms with Gasteiger partial charge in [-0.25, -0.2) is 0 Å². The Morgan fingerprint density at radius 1 is 1.45 bits per heavy atom. The molecule has 62 valence electrons. The summed E-state index contributed by atoms with van der Waals surface area (Å²) in [6.45, 7) is 8.27. The van der Waals surface area contributed by atoms with E-state index in [0.29, 0.717) is 5.92 Å². The average Bonchev–Trinajstić information content (AvgIpc) is 2.33. The summed E-state index contributed by atoms with van der Waals surface area (Å²) < 4.78 is 0. The van der Waals surface area contributed by atoms with E-state index < -0.39 is 0 Å². The van der Waals surface area contributed by atoms with Gasteiger partial charge in [-0.05, 0) is 30.8 Å². The first-order chi connectivity index (χ1) is 5.13. The Kier molecular flexibility index (Phi) is 2.38. The Balaban J connectivity index is 2.85. The van der Waals surface area contributed by atoms with Crippen molar-refractivity contribution in [2.75, 3.05) is 0 Å². The second-order valence-electron chi connectivity index (χ2n) is 3.55. The van der Waals surface area contributed by atoms with Gasteiger partial charge in [0.15, 0.2) is 0 Å². The first kappa shape index (κ1) is 8.38. The van der Waals surface area contributed by atoms with E-state index >= 15 is 0 Å². The lowest BCUT2D eigenvalue weighted by molar-refractivity contribution is 0.741. The normalized spacial score (nSPS) is 23.0. The van der Waals surface area contributed by atoms with Gasteiger partial charge in [0, 0.05) is 5.70 Å². The van der Waals surface area contributed by atoms with Crippen molar-refractivity contribution in [1.29, 1.82) is 0 Å². The van der Waals surface area contributed by atoms with E-state index in [0.717, 1.165) is 18.5 Å². The van der Waals surface area contributed by atoms with Gasteiger partial charge in [-0.15, -0.1) is 0 Å². The van der Waals surface area contributed by atoms with Crippen LogP contribution in [0, 0.1) is 5.92 Å². The number of hydrogen-bond donors (Lipinski definition) is 1. The predicted molar refractivity (Wildman–Crippen MR) is 49.0 cm³/mol. The molecule has 0 heterocycles. The van der Waals surface area contributed by atoms with Gasteiger partial charge in [-0.3, -0.25) is 0 Å². The molecule has 0 spiro atoms. The highest BCUT2D eigenvalue weighted by atomic mass is 14.6. The Bertz CT molecular complexity index is 199. The van der Waals surface area contributed by atoms with Crippen LogP contribution in [0.2, 0.25) is 0 Å². The monoisotopic (exact) mass is 151 g/mol. The topological polar surface area (TPSA) is 26.0 Å². The molecule has 0 saturated heterocycles. The largest absolute Gasteiger partial charge is 0.402 e. The highest BCUT2D eigenvalue weighted by Crippen LogP contribution is 2.31. The van der Waals surface area contributed by atoms with Crippen molar-refractivity contribution in [2.24, 2.45) is 11.7 Å². The van der Waals surface area contributed by atoms with Crippen LogP contribution in [0.25, 0.3) is 0 Å². The first-order valence-electron chi connectivity index (χ1n) is 4.29. The molecule has 0 aromatic carbocycles. The van der Waals surface area contributed by atoms with E-state index in [1.165, 1.54) is 17.6 Å². The zero-order chi connectivity index (χ0) is 8.43. The fraction of sp³-hybridized carbons (Fsp3) is 0.600. The molecule has 11 heavy (non-hydrogen) atoms. The summed E-state index contributed by atoms with van der Waals surface area (Å²) in [4.78, 5) is 0. The summed E-state index contributed by atoms with van der Waals surface area (Å²) in [5.74, 6) is 0.472. The second-order valence-corrected chi connectivity index (χ2v) is 3.55. The molecule has 1 rings (SSSR count). The van der Waals surface area contributed by atoms with Gasteiger partial charge in [0.2, 0.25) is 0 Å². The minimum atomic E-state index is 0.472. The molecule has 0 unspecified atom stereocenters. The SMILES string of the molecule is C=C1CCC/C1=C(/N)C(C)C. The average molecular weight is 151 g/mol. The van der Waals surface area contributed by atoms with Gasteiger partial charge in [0.25, 0.3) is 0 Å². The van der Waals surface area contributed by atoms with Crippen LogP contribution in [0.3, 0.4) is 0 Å². The maximum absolute atomic E-state index is 5.93. The molecule has 1 fully saturated rings. The van der Waals surface area contributed by atoms with Gasteiger partial charge in [0.1, 0.15) is 0 Å². The van der Waals surface area contributed by atoms with Crippen LogP contribution < -0.4 is 5.73 Å². The smallest absolute Gasteiger partial charge is 0.0141 e. The third kappa shape index (κ3) is 1.65. The quantitative estimate of drug-likeness (QED) is 0.612. The lowest BCUT2D eigenvalue weighted by Gasteiger charge is -2.09. The highest BCUT2D eigenvalue weighted by molar-refractivity contribution is 5.36. The summed E-state index contributed by atoms with van der Waals surface area (Å²) in [5, 5.41) is 0. The Hall–Kier alpha value is -0.720. The van der Waals surface area contributed by atoms with Crippen molar-refractivity contribution in [2.45, 2.75) is 33.1 Å². The number of rotatable bonds is 1. The molecule has 0 radical (unpaired) electrons. The van der Waals surface area contributed by atoms with Crippen molar-refractivity contribution in [3.63, 3.8) is 0 Å². The molecule has 0 amide bonds. The van der Waals surface area contributed by atoms with E-state index in [2.05, 4.69) is 20.4 Å². The Morgan fingerprint density at radius 3 is 2.45 bits per heavy atom. The Morgan fingerprint density at radius 2 is 2.09 bits per heavy atom. The van der Waals surface area contributed by atoms with Crippen LogP contribution in [0.5, 0.6) is 0 Å². The molecule has 1 aliphatic carbocycles. The molecule has 0 aliphatic heterocycles. The molecular formula is C10H17N. The standard InChI is InChI=1S/C10H17N/c1-7(2)10(11)9-6-4-5-8(9)3/h7H,3-6,11H2,1-2H3/b10-9-. The van der Waals surface area contributed by atoms with Crippen molar-refractivity contribution >= 4 is 0 Å². The van der Waals surface area contributed by atoms with Crippen LogP contribution in [-0.2, 0) is 0 Å². The van der Waals surface area contributed by atoms with Crippen molar-refractivity contribution in [3.8, 4) is 0 Å². The molecule has 1 nitrogen and oxygen atoms in total. The summed E-state index contributed by atoms with van der Waals surface area (Å²) in [7, 11) is 0. The number of nitrogens with two attached hydrogens (primary N) is 1. The van der Waals surface area contributed by atoms with Crippen LogP contribution in [-0.4, -0.2) is 0 Å². The second kappa shape index (κ2) is 3.12. The molecular weight excluding hydrogens is 134 g/mol. The van der Waals surface area contributed by atoms with Crippen molar-refractivity contribution in [1.82, 2.24) is 0 Å². The molecule has 0 aromatic rings.